The predicted octanol–water partition coefficient (Wildman–Crippen LogP) is 5.52. The van der Waals surface area contributed by atoms with Crippen molar-refractivity contribution in [1.29, 1.82) is 0 Å². The molecule has 4 nitrogen and oxygen atoms in total. The summed E-state index contributed by atoms with van der Waals surface area (Å²) in [7, 11) is 0. The second kappa shape index (κ2) is 9.40. The fourth-order valence-corrected chi connectivity index (χ4v) is 3.20. The maximum absolute atomic E-state index is 13.4. The third-order valence-corrected chi connectivity index (χ3v) is 4.37. The molecule has 0 amide bonds. The zero-order chi connectivity index (χ0) is 20.8. The number of halogens is 1. The summed E-state index contributed by atoms with van der Waals surface area (Å²) in [6.45, 7) is 9.90. The number of carbonyl (C=O) groups excluding carboxylic acids is 2. The average molecular weight is 383 g/mol. The Hall–Kier alpha value is -2.82. The summed E-state index contributed by atoms with van der Waals surface area (Å²) in [6.07, 6.45) is 3.71. The van der Waals surface area contributed by atoms with E-state index < -0.39 is 5.97 Å². The van der Waals surface area contributed by atoms with Crippen molar-refractivity contribution >= 4 is 18.3 Å². The Morgan fingerprint density at radius 3 is 2.29 bits per heavy atom. The molecule has 148 valence electrons. The molecule has 0 atom stereocenters. The van der Waals surface area contributed by atoms with Crippen LogP contribution in [0, 0.1) is 5.82 Å². The summed E-state index contributed by atoms with van der Waals surface area (Å²) in [5.74, 6) is -0.815. The molecule has 2 aromatic rings. The van der Waals surface area contributed by atoms with Gasteiger partial charge in [-0.3, -0.25) is 9.78 Å². The fourth-order valence-electron chi connectivity index (χ4n) is 3.20. The van der Waals surface area contributed by atoms with Crippen molar-refractivity contribution in [2.75, 3.05) is 6.61 Å². The first-order valence-corrected chi connectivity index (χ1v) is 9.44. The number of esters is 1. The molecule has 1 aromatic heterocycles. The van der Waals surface area contributed by atoms with Gasteiger partial charge in [-0.1, -0.05) is 27.7 Å². The lowest BCUT2D eigenvalue weighted by molar-refractivity contribution is -0.104. The largest absolute Gasteiger partial charge is 0.462 e. The van der Waals surface area contributed by atoms with E-state index in [2.05, 4.69) is 0 Å². The average Bonchev–Trinajstić information content (AvgIpc) is 2.65. The van der Waals surface area contributed by atoms with E-state index in [9.17, 15) is 14.0 Å². The number of ether oxygens (including phenoxy) is 1. The normalized spacial score (nSPS) is 11.4. The Labute approximate surface area is 165 Å². The van der Waals surface area contributed by atoms with Crippen LogP contribution in [0.1, 0.15) is 73.6 Å². The minimum absolute atomic E-state index is 0.0228. The maximum atomic E-state index is 13.4. The van der Waals surface area contributed by atoms with Crippen LogP contribution in [-0.4, -0.2) is 23.8 Å². The molecule has 1 aromatic carbocycles. The molecule has 0 saturated heterocycles. The molecule has 0 bridgehead atoms. The van der Waals surface area contributed by atoms with Crippen LogP contribution in [0.15, 0.2) is 30.3 Å². The molecular formula is C23H26FNO3. The predicted molar refractivity (Wildman–Crippen MR) is 109 cm³/mol. The van der Waals surface area contributed by atoms with Gasteiger partial charge in [0.25, 0.3) is 0 Å². The van der Waals surface area contributed by atoms with Crippen molar-refractivity contribution in [2.45, 2.75) is 46.5 Å². The monoisotopic (exact) mass is 383 g/mol. The van der Waals surface area contributed by atoms with E-state index in [1.807, 2.05) is 27.7 Å². The van der Waals surface area contributed by atoms with Gasteiger partial charge in [-0.15, -0.1) is 0 Å². The number of nitrogens with zero attached hydrogens (tertiary/aromatic N) is 1. The minimum atomic E-state index is -0.422. The summed E-state index contributed by atoms with van der Waals surface area (Å²) in [5, 5.41) is 0. The van der Waals surface area contributed by atoms with E-state index in [0.717, 1.165) is 5.56 Å². The lowest BCUT2D eigenvalue weighted by Crippen LogP contribution is -2.17. The van der Waals surface area contributed by atoms with Gasteiger partial charge in [0.15, 0.2) is 0 Å². The summed E-state index contributed by atoms with van der Waals surface area (Å²) in [5.41, 5.74) is 3.84. The van der Waals surface area contributed by atoms with E-state index in [4.69, 9.17) is 9.72 Å². The van der Waals surface area contributed by atoms with Gasteiger partial charge in [-0.25, -0.2) is 9.18 Å². The highest BCUT2D eigenvalue weighted by Crippen LogP contribution is 2.36. The number of benzene rings is 1. The van der Waals surface area contributed by atoms with Crippen LogP contribution in [0.25, 0.3) is 17.3 Å². The lowest BCUT2D eigenvalue weighted by Gasteiger charge is -2.23. The van der Waals surface area contributed by atoms with Gasteiger partial charge in [-0.05, 0) is 60.7 Å². The molecule has 0 spiro atoms. The molecule has 2 rings (SSSR count). The molecule has 0 aliphatic carbocycles. The number of hydrogen-bond acceptors (Lipinski definition) is 4. The van der Waals surface area contributed by atoms with E-state index >= 15 is 0 Å². The van der Waals surface area contributed by atoms with Crippen molar-refractivity contribution < 1.29 is 18.7 Å². The molecule has 0 fully saturated rings. The van der Waals surface area contributed by atoms with Gasteiger partial charge >= 0.3 is 5.97 Å². The highest BCUT2D eigenvalue weighted by molar-refractivity contribution is 5.96. The van der Waals surface area contributed by atoms with E-state index in [-0.39, 0.29) is 24.3 Å². The van der Waals surface area contributed by atoms with Gasteiger partial charge < -0.3 is 4.74 Å². The smallest absolute Gasteiger partial charge is 0.340 e. The molecule has 0 aliphatic rings. The Bertz CT molecular complexity index is 884. The SMILES string of the molecule is CCOC(=O)c1c(C(C)C)nc(-c2ccc(F)cc2)c(C=CC=O)c1C(C)C. The van der Waals surface area contributed by atoms with Gasteiger partial charge in [-0.2, -0.15) is 0 Å². The van der Waals surface area contributed by atoms with Crippen LogP contribution >= 0.6 is 0 Å². The fraction of sp³-hybridized carbons (Fsp3) is 0.348. The minimum Gasteiger partial charge on any atom is -0.462 e. The molecule has 28 heavy (non-hydrogen) atoms. The number of hydrogen-bond donors (Lipinski definition) is 0. The van der Waals surface area contributed by atoms with Crippen LogP contribution in [0.3, 0.4) is 0 Å². The number of aromatic nitrogens is 1. The molecule has 0 radical (unpaired) electrons. The first kappa shape index (κ1) is 21.5. The summed E-state index contributed by atoms with van der Waals surface area (Å²) < 4.78 is 18.7. The molecule has 0 N–H and O–H groups in total. The highest BCUT2D eigenvalue weighted by atomic mass is 19.1. The molecule has 5 heteroatoms. The Kier molecular flexibility index (Phi) is 7.21. The molecule has 0 saturated carbocycles. The lowest BCUT2D eigenvalue weighted by atomic mass is 9.86. The number of carbonyl (C=O) groups is 2. The maximum Gasteiger partial charge on any atom is 0.340 e. The molecule has 1 heterocycles. The molecular weight excluding hydrogens is 357 g/mol. The second-order valence-corrected chi connectivity index (χ2v) is 7.08. The number of allylic oxidation sites excluding steroid dienone is 1. The zero-order valence-corrected chi connectivity index (χ0v) is 17.0. The van der Waals surface area contributed by atoms with Crippen LogP contribution in [0.5, 0.6) is 0 Å². The first-order chi connectivity index (χ1) is 13.3. The third kappa shape index (κ3) is 4.53. The summed E-state index contributed by atoms with van der Waals surface area (Å²) in [4.78, 5) is 28.6. The summed E-state index contributed by atoms with van der Waals surface area (Å²) >= 11 is 0. The second-order valence-electron chi connectivity index (χ2n) is 7.08. The van der Waals surface area contributed by atoms with Crippen molar-refractivity contribution in [2.24, 2.45) is 0 Å². The number of rotatable bonds is 7. The third-order valence-electron chi connectivity index (χ3n) is 4.37. The molecule has 0 unspecified atom stereocenters. The van der Waals surface area contributed by atoms with Gasteiger partial charge in [0.05, 0.1) is 23.6 Å². The van der Waals surface area contributed by atoms with Crippen molar-refractivity contribution in [3.8, 4) is 11.3 Å². The summed E-state index contributed by atoms with van der Waals surface area (Å²) in [6, 6.07) is 6.03. The van der Waals surface area contributed by atoms with E-state index in [1.54, 1.807) is 25.1 Å². The number of pyridine rings is 1. The Morgan fingerprint density at radius 2 is 1.79 bits per heavy atom. The van der Waals surface area contributed by atoms with Crippen LogP contribution in [-0.2, 0) is 9.53 Å². The Morgan fingerprint density at radius 1 is 1.14 bits per heavy atom. The van der Waals surface area contributed by atoms with Crippen LogP contribution in [0.2, 0.25) is 0 Å². The standard InChI is InChI=1S/C23H26FNO3/c1-6-28-23(27)20-19(14(2)3)18(8-7-13-26)22(25-21(20)15(4)5)16-9-11-17(24)12-10-16/h7-15H,6H2,1-5H3. The van der Waals surface area contributed by atoms with Crippen molar-refractivity contribution in [3.63, 3.8) is 0 Å². The zero-order valence-electron chi connectivity index (χ0n) is 17.0. The Balaban J connectivity index is 2.95. The number of aldehydes is 1. The van der Waals surface area contributed by atoms with Crippen LogP contribution in [0.4, 0.5) is 4.39 Å². The highest BCUT2D eigenvalue weighted by Gasteiger charge is 2.27. The van der Waals surface area contributed by atoms with Gasteiger partial charge in [0.2, 0.25) is 0 Å². The quantitative estimate of drug-likeness (QED) is 0.359. The molecule has 0 aliphatic heterocycles. The van der Waals surface area contributed by atoms with Crippen molar-refractivity contribution in [3.05, 3.63) is 58.5 Å². The van der Waals surface area contributed by atoms with Crippen molar-refractivity contribution in [1.82, 2.24) is 4.98 Å². The van der Waals surface area contributed by atoms with Crippen LogP contribution < -0.4 is 0 Å². The topological polar surface area (TPSA) is 56.3 Å². The van der Waals surface area contributed by atoms with E-state index in [1.165, 1.54) is 18.2 Å². The van der Waals surface area contributed by atoms with Gasteiger partial charge in [0, 0.05) is 11.1 Å². The van der Waals surface area contributed by atoms with E-state index in [0.29, 0.717) is 34.4 Å². The van der Waals surface area contributed by atoms with Gasteiger partial charge in [0.1, 0.15) is 12.1 Å². The first-order valence-electron chi connectivity index (χ1n) is 9.44.